The van der Waals surface area contributed by atoms with Crippen LogP contribution in [0.2, 0.25) is 0 Å². The van der Waals surface area contributed by atoms with Gasteiger partial charge in [-0.15, -0.1) is 0 Å². The van der Waals surface area contributed by atoms with Gasteiger partial charge in [-0.05, 0) is 33.2 Å². The molecule has 0 spiro atoms. The van der Waals surface area contributed by atoms with Gasteiger partial charge in [0.25, 0.3) is 0 Å². The Bertz CT molecular complexity index is 380. The number of nitrogens with two attached hydrogens (primary N) is 1. The fourth-order valence-corrected chi connectivity index (χ4v) is 1.91. The van der Waals surface area contributed by atoms with E-state index in [1.54, 1.807) is 0 Å². The van der Waals surface area contributed by atoms with Crippen molar-refractivity contribution in [2.45, 2.75) is 46.1 Å². The number of anilines is 2. The van der Waals surface area contributed by atoms with Gasteiger partial charge in [0.1, 0.15) is 17.5 Å². The van der Waals surface area contributed by atoms with E-state index >= 15 is 0 Å². The SMILES string of the molecule is CCCCN(C)c1cc(NC(C)CCN)nc(C)n1. The van der Waals surface area contributed by atoms with Crippen LogP contribution < -0.4 is 16.0 Å². The summed E-state index contributed by atoms with van der Waals surface area (Å²) in [5, 5.41) is 3.38. The normalized spacial score (nSPS) is 12.3. The average Bonchev–Trinajstić information content (AvgIpc) is 2.35. The first-order valence-corrected chi connectivity index (χ1v) is 7.10. The molecule has 0 radical (unpaired) electrons. The molecule has 19 heavy (non-hydrogen) atoms. The maximum absolute atomic E-state index is 5.56. The van der Waals surface area contributed by atoms with Crippen LogP contribution >= 0.6 is 0 Å². The summed E-state index contributed by atoms with van der Waals surface area (Å²) in [5.41, 5.74) is 5.56. The minimum atomic E-state index is 0.327. The van der Waals surface area contributed by atoms with E-state index in [4.69, 9.17) is 5.73 Å². The molecule has 0 aliphatic carbocycles. The van der Waals surface area contributed by atoms with E-state index in [2.05, 4.69) is 41.1 Å². The zero-order valence-corrected chi connectivity index (χ0v) is 12.6. The molecule has 1 aromatic heterocycles. The molecule has 0 aliphatic heterocycles. The third-order valence-corrected chi connectivity index (χ3v) is 3.06. The summed E-state index contributed by atoms with van der Waals surface area (Å²) in [5.74, 6) is 2.65. The molecule has 1 rings (SSSR count). The topological polar surface area (TPSA) is 67.1 Å². The van der Waals surface area contributed by atoms with Crippen LogP contribution in [0.15, 0.2) is 6.07 Å². The molecule has 0 saturated heterocycles. The Morgan fingerprint density at radius 2 is 2.16 bits per heavy atom. The van der Waals surface area contributed by atoms with Crippen LogP contribution in [0.4, 0.5) is 11.6 Å². The smallest absolute Gasteiger partial charge is 0.134 e. The number of nitrogens with zero attached hydrogens (tertiary/aromatic N) is 3. The number of aromatic nitrogens is 2. The van der Waals surface area contributed by atoms with Crippen molar-refractivity contribution in [2.24, 2.45) is 5.73 Å². The molecule has 1 unspecified atom stereocenters. The van der Waals surface area contributed by atoms with Gasteiger partial charge >= 0.3 is 0 Å². The molecule has 0 bridgehead atoms. The molecule has 0 saturated carbocycles. The molecule has 1 heterocycles. The van der Waals surface area contributed by atoms with Crippen molar-refractivity contribution < 1.29 is 0 Å². The third kappa shape index (κ3) is 5.42. The first-order valence-electron chi connectivity index (χ1n) is 7.10. The Labute approximate surface area is 116 Å². The highest BCUT2D eigenvalue weighted by atomic mass is 15.2. The molecule has 0 amide bonds. The van der Waals surface area contributed by atoms with Gasteiger partial charge in [0, 0.05) is 25.7 Å². The minimum absolute atomic E-state index is 0.327. The molecule has 108 valence electrons. The summed E-state index contributed by atoms with van der Waals surface area (Å²) < 4.78 is 0. The number of nitrogens with one attached hydrogen (secondary N) is 1. The Kier molecular flexibility index (Phi) is 6.56. The molecule has 0 aliphatic rings. The second kappa shape index (κ2) is 7.94. The number of unbranched alkanes of at least 4 members (excludes halogenated alkanes) is 1. The standard InChI is InChI=1S/C14H27N5/c1-5-6-9-19(4)14-10-13(17-12(3)18-14)16-11(2)7-8-15/h10-11H,5-9,15H2,1-4H3,(H,16,17,18). The van der Waals surface area contributed by atoms with E-state index in [0.29, 0.717) is 12.6 Å². The van der Waals surface area contributed by atoms with E-state index in [0.717, 1.165) is 30.4 Å². The summed E-state index contributed by atoms with van der Waals surface area (Å²) in [6.07, 6.45) is 3.29. The maximum atomic E-state index is 5.56. The molecular weight excluding hydrogens is 238 g/mol. The number of aryl methyl sites for hydroxylation is 1. The Hall–Kier alpha value is -1.36. The van der Waals surface area contributed by atoms with E-state index < -0.39 is 0 Å². The van der Waals surface area contributed by atoms with Gasteiger partial charge in [0.2, 0.25) is 0 Å². The number of hydrogen-bond acceptors (Lipinski definition) is 5. The second-order valence-electron chi connectivity index (χ2n) is 5.06. The van der Waals surface area contributed by atoms with Crippen LogP contribution in [-0.2, 0) is 0 Å². The highest BCUT2D eigenvalue weighted by Gasteiger charge is 2.08. The van der Waals surface area contributed by atoms with Crippen molar-refractivity contribution in [3.63, 3.8) is 0 Å². The van der Waals surface area contributed by atoms with Crippen LogP contribution in [0.1, 0.15) is 38.9 Å². The zero-order valence-electron chi connectivity index (χ0n) is 12.6. The molecule has 5 heteroatoms. The second-order valence-corrected chi connectivity index (χ2v) is 5.06. The Balaban J connectivity index is 2.75. The first-order chi connectivity index (χ1) is 9.06. The lowest BCUT2D eigenvalue weighted by molar-refractivity contribution is 0.711. The summed E-state index contributed by atoms with van der Waals surface area (Å²) in [7, 11) is 2.07. The predicted molar refractivity (Wildman–Crippen MR) is 81.7 cm³/mol. The highest BCUT2D eigenvalue weighted by Crippen LogP contribution is 2.16. The fraction of sp³-hybridized carbons (Fsp3) is 0.714. The average molecular weight is 265 g/mol. The van der Waals surface area contributed by atoms with Crippen LogP contribution in [-0.4, -0.2) is 36.1 Å². The van der Waals surface area contributed by atoms with Gasteiger partial charge in [-0.25, -0.2) is 9.97 Å². The van der Waals surface area contributed by atoms with Gasteiger partial charge < -0.3 is 16.0 Å². The predicted octanol–water partition coefficient (Wildman–Crippen LogP) is 2.17. The van der Waals surface area contributed by atoms with Gasteiger partial charge in [-0.3, -0.25) is 0 Å². The summed E-state index contributed by atoms with van der Waals surface area (Å²) in [6, 6.07) is 2.34. The monoisotopic (exact) mass is 265 g/mol. The zero-order chi connectivity index (χ0) is 14.3. The lowest BCUT2D eigenvalue weighted by atomic mass is 10.2. The van der Waals surface area contributed by atoms with Gasteiger partial charge in [-0.2, -0.15) is 0 Å². The molecule has 0 fully saturated rings. The number of rotatable bonds is 8. The molecule has 1 aromatic rings. The van der Waals surface area contributed by atoms with Gasteiger partial charge in [-0.1, -0.05) is 13.3 Å². The van der Waals surface area contributed by atoms with Crippen molar-refractivity contribution >= 4 is 11.6 Å². The van der Waals surface area contributed by atoms with Crippen LogP contribution in [0.3, 0.4) is 0 Å². The largest absolute Gasteiger partial charge is 0.367 e. The molecule has 3 N–H and O–H groups in total. The molecular formula is C14H27N5. The fourth-order valence-electron chi connectivity index (χ4n) is 1.91. The van der Waals surface area contributed by atoms with E-state index in [1.807, 2.05) is 13.0 Å². The summed E-state index contributed by atoms with van der Waals surface area (Å²) >= 11 is 0. The molecule has 5 nitrogen and oxygen atoms in total. The van der Waals surface area contributed by atoms with E-state index in [-0.39, 0.29) is 0 Å². The molecule has 1 atom stereocenters. The maximum Gasteiger partial charge on any atom is 0.134 e. The van der Waals surface area contributed by atoms with Gasteiger partial charge in [0.15, 0.2) is 0 Å². The van der Waals surface area contributed by atoms with Crippen molar-refractivity contribution in [1.82, 2.24) is 9.97 Å². The van der Waals surface area contributed by atoms with E-state index in [9.17, 15) is 0 Å². The van der Waals surface area contributed by atoms with Crippen LogP contribution in [0.25, 0.3) is 0 Å². The Morgan fingerprint density at radius 1 is 1.42 bits per heavy atom. The molecule has 0 aromatic carbocycles. The summed E-state index contributed by atoms with van der Waals surface area (Å²) in [6.45, 7) is 7.94. The van der Waals surface area contributed by atoms with Crippen LogP contribution in [0, 0.1) is 6.92 Å². The van der Waals surface area contributed by atoms with Crippen molar-refractivity contribution in [3.05, 3.63) is 11.9 Å². The summed E-state index contributed by atoms with van der Waals surface area (Å²) in [4.78, 5) is 11.1. The highest BCUT2D eigenvalue weighted by molar-refractivity contribution is 5.49. The third-order valence-electron chi connectivity index (χ3n) is 3.06. The van der Waals surface area contributed by atoms with Crippen LogP contribution in [0.5, 0.6) is 0 Å². The Morgan fingerprint density at radius 3 is 2.79 bits per heavy atom. The van der Waals surface area contributed by atoms with Gasteiger partial charge in [0.05, 0.1) is 0 Å². The van der Waals surface area contributed by atoms with Crippen molar-refractivity contribution in [3.8, 4) is 0 Å². The van der Waals surface area contributed by atoms with E-state index in [1.165, 1.54) is 12.8 Å². The quantitative estimate of drug-likeness (QED) is 0.754. The van der Waals surface area contributed by atoms with Crippen molar-refractivity contribution in [2.75, 3.05) is 30.4 Å². The lowest BCUT2D eigenvalue weighted by Crippen LogP contribution is -2.23. The first kappa shape index (κ1) is 15.7. The lowest BCUT2D eigenvalue weighted by Gasteiger charge is -2.20. The van der Waals surface area contributed by atoms with Crippen molar-refractivity contribution in [1.29, 1.82) is 0 Å². The number of hydrogen-bond donors (Lipinski definition) is 2. The minimum Gasteiger partial charge on any atom is -0.367 e.